The molecule has 2 nitrogen and oxygen atoms in total. The molecule has 1 aromatic rings. The molecular formula is C10H9ClO2. The van der Waals surface area contributed by atoms with Gasteiger partial charge in [0.2, 0.25) is 0 Å². The molecule has 0 spiro atoms. The number of carbonyl (C=O) groups excluding carboxylic acids is 1. The molecule has 0 heterocycles. The van der Waals surface area contributed by atoms with Crippen LogP contribution in [0.3, 0.4) is 0 Å². The fourth-order valence-electron chi connectivity index (χ4n) is 1.67. The minimum atomic E-state index is 0.0649. The molecule has 1 aliphatic rings. The van der Waals surface area contributed by atoms with E-state index in [1.807, 2.05) is 0 Å². The summed E-state index contributed by atoms with van der Waals surface area (Å²) in [7, 11) is 0. The van der Waals surface area contributed by atoms with E-state index in [0.717, 1.165) is 18.4 Å². The third-order valence-corrected chi connectivity index (χ3v) is 2.78. The number of aromatic hydroxyl groups is 1. The summed E-state index contributed by atoms with van der Waals surface area (Å²) in [6, 6.07) is 3.13. The van der Waals surface area contributed by atoms with Crippen LogP contribution < -0.4 is 0 Å². The Morgan fingerprint density at radius 2 is 2.08 bits per heavy atom. The number of rotatable bonds is 0. The Hall–Kier alpha value is -1.02. The van der Waals surface area contributed by atoms with E-state index in [4.69, 9.17) is 11.6 Å². The quantitative estimate of drug-likeness (QED) is 0.693. The Balaban J connectivity index is 2.63. The summed E-state index contributed by atoms with van der Waals surface area (Å²) in [4.78, 5) is 11.4. The van der Waals surface area contributed by atoms with Gasteiger partial charge in [0.05, 0.1) is 5.02 Å². The average molecular weight is 197 g/mol. The highest BCUT2D eigenvalue weighted by Gasteiger charge is 2.20. The fourth-order valence-corrected chi connectivity index (χ4v) is 1.93. The van der Waals surface area contributed by atoms with E-state index in [1.54, 1.807) is 6.07 Å². The van der Waals surface area contributed by atoms with Crippen LogP contribution in [-0.4, -0.2) is 10.9 Å². The Kier molecular flexibility index (Phi) is 2.00. The van der Waals surface area contributed by atoms with Crippen LogP contribution in [0.2, 0.25) is 5.02 Å². The van der Waals surface area contributed by atoms with Crippen molar-refractivity contribution in [3.8, 4) is 5.75 Å². The van der Waals surface area contributed by atoms with Crippen molar-refractivity contribution in [3.05, 3.63) is 28.3 Å². The van der Waals surface area contributed by atoms with Crippen LogP contribution in [0, 0.1) is 0 Å². The van der Waals surface area contributed by atoms with Gasteiger partial charge in [-0.05, 0) is 30.5 Å². The van der Waals surface area contributed by atoms with E-state index < -0.39 is 0 Å². The highest BCUT2D eigenvalue weighted by atomic mass is 35.5. The van der Waals surface area contributed by atoms with Crippen molar-refractivity contribution < 1.29 is 9.90 Å². The summed E-state index contributed by atoms with van der Waals surface area (Å²) in [5.74, 6) is 0.193. The van der Waals surface area contributed by atoms with E-state index in [2.05, 4.69) is 0 Å². The van der Waals surface area contributed by atoms with Crippen LogP contribution >= 0.6 is 11.6 Å². The number of carbonyl (C=O) groups is 1. The first kappa shape index (κ1) is 8.57. The van der Waals surface area contributed by atoms with E-state index in [0.29, 0.717) is 17.0 Å². The zero-order valence-electron chi connectivity index (χ0n) is 7.01. The van der Waals surface area contributed by atoms with Gasteiger partial charge in [0.15, 0.2) is 5.78 Å². The molecule has 1 aromatic carbocycles. The second-order valence-corrected chi connectivity index (χ2v) is 3.58. The maximum Gasteiger partial charge on any atom is 0.163 e. The molecule has 1 N–H and O–H groups in total. The number of halogens is 1. The van der Waals surface area contributed by atoms with Crippen molar-refractivity contribution >= 4 is 17.4 Å². The molecule has 1 aliphatic carbocycles. The molecule has 68 valence electrons. The molecule has 0 aliphatic heterocycles. The number of ketones is 1. The molecule has 0 aromatic heterocycles. The SMILES string of the molecule is O=C1CCCc2c1ccc(O)c2Cl. The third kappa shape index (κ3) is 1.31. The standard InChI is InChI=1S/C10H9ClO2/c11-10-7-2-1-3-8(12)6(7)4-5-9(10)13/h4-5,13H,1-3H2. The van der Waals surface area contributed by atoms with Crippen LogP contribution in [0.5, 0.6) is 5.75 Å². The number of phenolic OH excluding ortho intramolecular Hbond substituents is 1. The van der Waals surface area contributed by atoms with Crippen molar-refractivity contribution in [1.82, 2.24) is 0 Å². The predicted molar refractivity (Wildman–Crippen MR) is 50.4 cm³/mol. The van der Waals surface area contributed by atoms with E-state index in [9.17, 15) is 9.90 Å². The van der Waals surface area contributed by atoms with Gasteiger partial charge in [-0.15, -0.1) is 0 Å². The maximum absolute atomic E-state index is 11.4. The first-order valence-electron chi connectivity index (χ1n) is 4.23. The second-order valence-electron chi connectivity index (χ2n) is 3.20. The van der Waals surface area contributed by atoms with E-state index in [-0.39, 0.29) is 11.5 Å². The number of fused-ring (bicyclic) bond motifs is 1. The molecule has 0 radical (unpaired) electrons. The third-order valence-electron chi connectivity index (χ3n) is 2.35. The van der Waals surface area contributed by atoms with Gasteiger partial charge >= 0.3 is 0 Å². The molecule has 0 saturated heterocycles. The monoisotopic (exact) mass is 196 g/mol. The Morgan fingerprint density at radius 3 is 2.85 bits per heavy atom. The summed E-state index contributed by atoms with van der Waals surface area (Å²) < 4.78 is 0. The number of benzene rings is 1. The molecule has 0 atom stereocenters. The molecule has 0 bridgehead atoms. The molecular weight excluding hydrogens is 188 g/mol. The number of hydrogen-bond donors (Lipinski definition) is 1. The van der Waals surface area contributed by atoms with Gasteiger partial charge in [-0.25, -0.2) is 0 Å². The van der Waals surface area contributed by atoms with Crippen LogP contribution in [0.4, 0.5) is 0 Å². The highest BCUT2D eigenvalue weighted by molar-refractivity contribution is 6.33. The van der Waals surface area contributed by atoms with Gasteiger partial charge in [0.1, 0.15) is 5.75 Å². The van der Waals surface area contributed by atoms with Gasteiger partial charge in [-0.1, -0.05) is 11.6 Å². The first-order valence-corrected chi connectivity index (χ1v) is 4.61. The van der Waals surface area contributed by atoms with Gasteiger partial charge in [0.25, 0.3) is 0 Å². The van der Waals surface area contributed by atoms with Crippen LogP contribution in [0.25, 0.3) is 0 Å². The predicted octanol–water partition coefficient (Wildman–Crippen LogP) is 2.56. The lowest BCUT2D eigenvalue weighted by atomic mass is 9.90. The minimum Gasteiger partial charge on any atom is -0.506 e. The van der Waals surface area contributed by atoms with Crippen molar-refractivity contribution in [2.75, 3.05) is 0 Å². The molecule has 0 fully saturated rings. The van der Waals surface area contributed by atoms with E-state index >= 15 is 0 Å². The molecule has 2 rings (SSSR count). The summed E-state index contributed by atoms with van der Waals surface area (Å²) >= 11 is 5.87. The number of hydrogen-bond acceptors (Lipinski definition) is 2. The largest absolute Gasteiger partial charge is 0.506 e. The van der Waals surface area contributed by atoms with Crippen molar-refractivity contribution in [2.45, 2.75) is 19.3 Å². The van der Waals surface area contributed by atoms with Gasteiger partial charge in [-0.3, -0.25) is 4.79 Å². The number of phenols is 1. The normalized spacial score (nSPS) is 15.6. The van der Waals surface area contributed by atoms with Crippen LogP contribution in [-0.2, 0) is 6.42 Å². The van der Waals surface area contributed by atoms with Crippen molar-refractivity contribution in [1.29, 1.82) is 0 Å². The Bertz CT molecular complexity index is 371. The second kappa shape index (κ2) is 3.04. The Morgan fingerprint density at radius 1 is 1.31 bits per heavy atom. The maximum atomic E-state index is 11.4. The topological polar surface area (TPSA) is 37.3 Å². The zero-order valence-corrected chi connectivity index (χ0v) is 7.77. The van der Waals surface area contributed by atoms with E-state index in [1.165, 1.54) is 6.07 Å². The molecule has 13 heavy (non-hydrogen) atoms. The first-order chi connectivity index (χ1) is 6.20. The van der Waals surface area contributed by atoms with Crippen LogP contribution in [0.15, 0.2) is 12.1 Å². The van der Waals surface area contributed by atoms with Crippen LogP contribution in [0.1, 0.15) is 28.8 Å². The highest BCUT2D eigenvalue weighted by Crippen LogP contribution is 2.33. The van der Waals surface area contributed by atoms with Gasteiger partial charge in [0, 0.05) is 12.0 Å². The lowest BCUT2D eigenvalue weighted by Crippen LogP contribution is -2.10. The Labute approximate surface area is 81.1 Å². The molecule has 0 saturated carbocycles. The lowest BCUT2D eigenvalue weighted by molar-refractivity contribution is 0.0972. The number of Topliss-reactive ketones (excluding diaryl/α,β-unsaturated/α-hetero) is 1. The minimum absolute atomic E-state index is 0.0649. The molecule has 3 heteroatoms. The summed E-state index contributed by atoms with van der Waals surface area (Å²) in [5.41, 5.74) is 1.48. The van der Waals surface area contributed by atoms with Gasteiger partial charge in [-0.2, -0.15) is 0 Å². The summed E-state index contributed by atoms with van der Waals surface area (Å²) in [6.45, 7) is 0. The smallest absolute Gasteiger partial charge is 0.163 e. The average Bonchev–Trinajstić information content (AvgIpc) is 2.12. The molecule has 0 unspecified atom stereocenters. The fraction of sp³-hybridized carbons (Fsp3) is 0.300. The molecule has 0 amide bonds. The van der Waals surface area contributed by atoms with Gasteiger partial charge < -0.3 is 5.11 Å². The zero-order chi connectivity index (χ0) is 9.42. The summed E-state index contributed by atoms with van der Waals surface area (Å²) in [5, 5.41) is 9.66. The van der Waals surface area contributed by atoms with Crippen molar-refractivity contribution in [3.63, 3.8) is 0 Å². The van der Waals surface area contributed by atoms with Crippen molar-refractivity contribution in [2.24, 2.45) is 0 Å². The lowest BCUT2D eigenvalue weighted by Gasteiger charge is -2.16. The summed E-state index contributed by atoms with van der Waals surface area (Å²) in [6.07, 6.45) is 2.21.